The number of H-pyrrole nitrogens is 1. The molecule has 3 aromatic heterocycles. The van der Waals surface area contributed by atoms with Gasteiger partial charge in [0.15, 0.2) is 22.7 Å². The van der Waals surface area contributed by atoms with Gasteiger partial charge in [0.25, 0.3) is 0 Å². The standard InChI is InChI=1S/C23H16F3N9O3/c24-23(25,26)13-1-6-17(34-10-8-29-32-34)16(11-13)31-22(37)30-14-2-4-15(5-3-14)33-9-7-18(36)19-20(27)35(38)12-28-21(19)33/h1-12H,(H4,27,28,30,31,36,37)/p+1. The Kier molecular flexibility index (Phi) is 5.87. The second-order valence-corrected chi connectivity index (χ2v) is 7.96. The minimum atomic E-state index is -4.61. The Bertz CT molecular complexity index is 1720. The van der Waals surface area contributed by atoms with Crippen molar-refractivity contribution in [3.05, 3.63) is 94.4 Å². The fourth-order valence-corrected chi connectivity index (χ4v) is 3.76. The first-order valence-corrected chi connectivity index (χ1v) is 10.8. The molecular formula is C23H17F3N9O3+. The third-order valence-corrected chi connectivity index (χ3v) is 5.54. The fraction of sp³-hybridized carbons (Fsp3) is 0.0435. The molecule has 15 heteroatoms. The number of nitrogens with zero attached hydrogens (tertiary/aromatic N) is 5. The number of benzene rings is 2. The van der Waals surface area contributed by atoms with Crippen LogP contribution in [0.2, 0.25) is 0 Å². The Labute approximate surface area is 210 Å². The quantitative estimate of drug-likeness (QED) is 0.208. The number of aromatic nitrogens is 6. The number of fused-ring (bicyclic) bond motifs is 1. The number of pyridine rings is 1. The minimum Gasteiger partial charge on any atom is -0.740 e. The lowest BCUT2D eigenvalue weighted by Gasteiger charge is -2.14. The maximum Gasteiger partial charge on any atom is 0.416 e. The molecule has 3 heterocycles. The van der Waals surface area contributed by atoms with Gasteiger partial charge in [0.1, 0.15) is 0 Å². The number of amides is 2. The number of aromatic amines is 1. The number of halogens is 3. The van der Waals surface area contributed by atoms with E-state index in [9.17, 15) is 28.0 Å². The fourth-order valence-electron chi connectivity index (χ4n) is 3.76. The first-order valence-electron chi connectivity index (χ1n) is 10.8. The van der Waals surface area contributed by atoms with Crippen molar-refractivity contribution in [3.8, 4) is 11.4 Å². The van der Waals surface area contributed by atoms with Crippen LogP contribution in [0.15, 0.2) is 78.2 Å². The highest BCUT2D eigenvalue weighted by Crippen LogP contribution is 2.32. The molecule has 0 aliphatic heterocycles. The van der Waals surface area contributed by atoms with Gasteiger partial charge in [0.2, 0.25) is 24.0 Å². The highest BCUT2D eigenvalue weighted by molar-refractivity contribution is 6.00. The summed E-state index contributed by atoms with van der Waals surface area (Å²) in [7, 11) is 0. The van der Waals surface area contributed by atoms with Crippen molar-refractivity contribution in [1.29, 1.82) is 0 Å². The van der Waals surface area contributed by atoms with Gasteiger partial charge in [-0.15, -0.1) is 4.68 Å². The van der Waals surface area contributed by atoms with E-state index in [2.05, 4.69) is 25.9 Å². The lowest BCUT2D eigenvalue weighted by molar-refractivity contribution is -0.658. The Hall–Kier alpha value is -5.47. The zero-order valence-electron chi connectivity index (χ0n) is 19.1. The number of alkyl halides is 3. The zero-order chi connectivity index (χ0) is 27.0. The molecule has 0 aliphatic carbocycles. The lowest BCUT2D eigenvalue weighted by Crippen LogP contribution is -2.34. The van der Waals surface area contributed by atoms with E-state index in [-0.39, 0.29) is 28.2 Å². The van der Waals surface area contributed by atoms with Gasteiger partial charge in [-0.3, -0.25) is 14.1 Å². The average Bonchev–Trinajstić information content (AvgIpc) is 3.41. The minimum absolute atomic E-state index is 0.0430. The summed E-state index contributed by atoms with van der Waals surface area (Å²) < 4.78 is 43.0. The number of nitrogens with one attached hydrogen (secondary N) is 3. The van der Waals surface area contributed by atoms with E-state index in [0.29, 0.717) is 16.1 Å². The second kappa shape index (κ2) is 9.20. The molecule has 0 radical (unpaired) electrons. The number of hydrogen-bond donors (Lipinski definition) is 4. The summed E-state index contributed by atoms with van der Waals surface area (Å²) in [6.45, 7) is 0. The Balaban J connectivity index is 1.40. The van der Waals surface area contributed by atoms with Crippen molar-refractivity contribution < 1.29 is 27.4 Å². The van der Waals surface area contributed by atoms with E-state index in [0.717, 1.165) is 18.5 Å². The second-order valence-electron chi connectivity index (χ2n) is 7.96. The van der Waals surface area contributed by atoms with Crippen LogP contribution in [0.5, 0.6) is 0 Å². The maximum absolute atomic E-state index is 13.3. The molecule has 5 N–H and O–H groups in total. The molecule has 192 valence electrons. The third-order valence-electron chi connectivity index (χ3n) is 5.54. The van der Waals surface area contributed by atoms with Gasteiger partial charge in [-0.1, -0.05) is 10.2 Å². The number of rotatable bonds is 4. The molecule has 0 atom stereocenters. The molecule has 2 aromatic carbocycles. The van der Waals surface area contributed by atoms with Gasteiger partial charge in [0, 0.05) is 28.7 Å². The van der Waals surface area contributed by atoms with Crippen LogP contribution < -0.4 is 31.2 Å². The molecule has 5 rings (SSSR count). The number of carbonyl (C=O) groups is 1. The first kappa shape index (κ1) is 24.2. The predicted molar refractivity (Wildman–Crippen MR) is 128 cm³/mol. The van der Waals surface area contributed by atoms with E-state index >= 15 is 0 Å². The monoisotopic (exact) mass is 524 g/mol. The largest absolute Gasteiger partial charge is 0.740 e. The van der Waals surface area contributed by atoms with Crippen LogP contribution in [-0.2, 0) is 6.18 Å². The summed E-state index contributed by atoms with van der Waals surface area (Å²) in [5.74, 6) is -0.286. The molecule has 0 bridgehead atoms. The summed E-state index contributed by atoms with van der Waals surface area (Å²) in [4.78, 5) is 28.9. The maximum atomic E-state index is 13.3. The van der Waals surface area contributed by atoms with Crippen molar-refractivity contribution in [2.45, 2.75) is 6.18 Å². The SMILES string of the molecule is Nc1c2c(=O)ccn(-c3ccc(NC(=O)Nc4cc(C(F)(F)F)ccc4-[n+]4ccn[nH]4)cc3)c2nc[n+]1[O-]. The molecule has 0 saturated carbocycles. The van der Waals surface area contributed by atoms with Crippen LogP contribution in [0.1, 0.15) is 5.56 Å². The average molecular weight is 524 g/mol. The first-order chi connectivity index (χ1) is 18.1. The van der Waals surface area contributed by atoms with E-state index in [1.807, 2.05) is 0 Å². The number of anilines is 3. The molecule has 38 heavy (non-hydrogen) atoms. The Morgan fingerprint density at radius 1 is 1.11 bits per heavy atom. The predicted octanol–water partition coefficient (Wildman–Crippen LogP) is 2.26. The van der Waals surface area contributed by atoms with E-state index in [1.54, 1.807) is 12.1 Å². The van der Waals surface area contributed by atoms with Gasteiger partial charge in [-0.2, -0.15) is 13.2 Å². The molecular weight excluding hydrogens is 507 g/mol. The highest BCUT2D eigenvalue weighted by atomic mass is 19.4. The molecule has 0 spiro atoms. The number of nitrogens with two attached hydrogens (primary N) is 1. The van der Waals surface area contributed by atoms with Crippen molar-refractivity contribution in [1.82, 2.24) is 19.9 Å². The molecule has 0 saturated heterocycles. The van der Waals surface area contributed by atoms with Crippen LogP contribution in [0.3, 0.4) is 0 Å². The number of urea groups is 1. The normalized spacial score (nSPS) is 11.4. The highest BCUT2D eigenvalue weighted by Gasteiger charge is 2.32. The van der Waals surface area contributed by atoms with Gasteiger partial charge >= 0.3 is 12.2 Å². The molecule has 2 amide bonds. The van der Waals surface area contributed by atoms with E-state index in [4.69, 9.17) is 5.73 Å². The van der Waals surface area contributed by atoms with E-state index in [1.165, 1.54) is 52.1 Å². The Morgan fingerprint density at radius 2 is 1.87 bits per heavy atom. The smallest absolute Gasteiger partial charge is 0.416 e. The van der Waals surface area contributed by atoms with Crippen LogP contribution in [0.25, 0.3) is 22.4 Å². The van der Waals surface area contributed by atoms with Crippen molar-refractivity contribution in [3.63, 3.8) is 0 Å². The van der Waals surface area contributed by atoms with Crippen LogP contribution >= 0.6 is 0 Å². The number of hydrogen-bond acceptors (Lipinski definition) is 6. The summed E-state index contributed by atoms with van der Waals surface area (Å²) >= 11 is 0. The topological polar surface area (TPSA) is 162 Å². The zero-order valence-corrected chi connectivity index (χ0v) is 19.1. The molecule has 12 nitrogen and oxygen atoms in total. The van der Waals surface area contributed by atoms with Gasteiger partial charge in [0.05, 0.1) is 11.3 Å². The molecule has 0 fully saturated rings. The summed E-state index contributed by atoms with van der Waals surface area (Å²) in [5, 5.41) is 23.0. The summed E-state index contributed by atoms with van der Waals surface area (Å²) in [5.41, 5.74) is 5.49. The number of nitrogen functional groups attached to an aromatic ring is 1. The van der Waals surface area contributed by atoms with Gasteiger partial charge in [-0.05, 0) is 42.5 Å². The third kappa shape index (κ3) is 4.55. The van der Waals surface area contributed by atoms with Crippen molar-refractivity contribution in [2.24, 2.45) is 0 Å². The van der Waals surface area contributed by atoms with Crippen LogP contribution in [0.4, 0.5) is 35.2 Å². The van der Waals surface area contributed by atoms with Crippen LogP contribution in [-0.4, -0.2) is 25.9 Å². The lowest BCUT2D eigenvalue weighted by atomic mass is 10.1. The van der Waals surface area contributed by atoms with Crippen LogP contribution in [0, 0.1) is 5.21 Å². The molecule has 0 aliphatic rings. The summed E-state index contributed by atoms with van der Waals surface area (Å²) in [6.07, 6.45) is 0.669. The van der Waals surface area contributed by atoms with Gasteiger partial charge in [-0.25, -0.2) is 4.79 Å². The molecule has 5 aromatic rings. The van der Waals surface area contributed by atoms with Crippen molar-refractivity contribution >= 4 is 34.3 Å². The molecule has 0 unspecified atom stereocenters. The van der Waals surface area contributed by atoms with Crippen molar-refractivity contribution in [2.75, 3.05) is 16.4 Å². The van der Waals surface area contributed by atoms with E-state index < -0.39 is 23.2 Å². The number of carbonyl (C=O) groups excluding carboxylic acids is 1. The Morgan fingerprint density at radius 3 is 2.55 bits per heavy atom. The summed E-state index contributed by atoms with van der Waals surface area (Å²) in [6, 6.07) is 9.65. The van der Waals surface area contributed by atoms with Gasteiger partial charge < -0.3 is 21.6 Å².